The van der Waals surface area contributed by atoms with Crippen molar-refractivity contribution < 1.29 is 36.6 Å². The molecule has 3 fully saturated rings. The van der Waals surface area contributed by atoms with Crippen LogP contribution in [-0.2, 0) is 19.0 Å². The number of piperidine rings is 1. The lowest BCUT2D eigenvalue weighted by molar-refractivity contribution is -0.303. The van der Waals surface area contributed by atoms with Crippen LogP contribution in [0.1, 0.15) is 51.9 Å². The van der Waals surface area contributed by atoms with Crippen LogP contribution in [0.15, 0.2) is 52.5 Å². The van der Waals surface area contributed by atoms with Crippen molar-refractivity contribution in [2.75, 3.05) is 32.8 Å². The average Bonchev–Trinajstić information content (AvgIpc) is 2.99. The molecule has 0 aromatic rings. The molecule has 0 spiro atoms. The Labute approximate surface area is 250 Å². The van der Waals surface area contributed by atoms with Gasteiger partial charge in [-0.25, -0.2) is 9.38 Å². The first-order valence-electron chi connectivity index (χ1n) is 15.0. The third-order valence-electron chi connectivity index (χ3n) is 8.47. The highest BCUT2D eigenvalue weighted by Crippen LogP contribution is 2.32. The summed E-state index contributed by atoms with van der Waals surface area (Å²) in [7, 11) is 0. The molecule has 13 heteroatoms. The smallest absolute Gasteiger partial charge is 0.406 e. The maximum atomic E-state index is 14.2. The molecule has 3 heterocycles. The maximum absolute atomic E-state index is 14.2. The zero-order chi connectivity index (χ0) is 31.0. The second kappa shape index (κ2) is 15.2. The van der Waals surface area contributed by atoms with Crippen LogP contribution in [0.5, 0.6) is 0 Å². The third kappa shape index (κ3) is 9.54. The molecular weight excluding hydrogens is 570 g/mol. The van der Waals surface area contributed by atoms with E-state index in [-0.39, 0.29) is 54.2 Å². The fraction of sp³-hybridized carbons (Fsp3) is 0.667. The summed E-state index contributed by atoms with van der Waals surface area (Å²) in [5.41, 5.74) is 6.90. The highest BCUT2D eigenvalue weighted by atomic mass is 19.4. The van der Waals surface area contributed by atoms with Crippen LogP contribution in [0.3, 0.4) is 0 Å². The molecule has 240 valence electrons. The van der Waals surface area contributed by atoms with E-state index in [0.29, 0.717) is 63.2 Å². The number of likely N-dealkylation sites (tertiary alicyclic amines) is 1. The van der Waals surface area contributed by atoms with Gasteiger partial charge in [-0.2, -0.15) is 0 Å². The van der Waals surface area contributed by atoms with Crippen LogP contribution in [0.4, 0.5) is 17.6 Å². The number of amides is 1. The highest BCUT2D eigenvalue weighted by Gasteiger charge is 2.34. The van der Waals surface area contributed by atoms with Gasteiger partial charge in [0.05, 0.1) is 25.2 Å². The number of carbonyl (C=O) groups is 1. The van der Waals surface area contributed by atoms with Gasteiger partial charge in [-0.05, 0) is 64.0 Å². The summed E-state index contributed by atoms with van der Waals surface area (Å²) in [6, 6.07) is -0.0941. The van der Waals surface area contributed by atoms with E-state index in [1.165, 1.54) is 12.2 Å². The number of nitrogens with two attached hydrogens (primary N) is 1. The average molecular weight is 614 g/mol. The van der Waals surface area contributed by atoms with Gasteiger partial charge in [-0.15, -0.1) is 13.2 Å². The Morgan fingerprint density at radius 1 is 1.26 bits per heavy atom. The minimum Gasteiger partial charge on any atom is -0.406 e. The molecule has 0 radical (unpaired) electrons. The Morgan fingerprint density at radius 2 is 2.02 bits per heavy atom. The number of carbonyl (C=O) groups excluding carboxylic acids is 1. The number of alkyl halides is 4. The van der Waals surface area contributed by atoms with Gasteiger partial charge in [0.1, 0.15) is 17.6 Å². The van der Waals surface area contributed by atoms with E-state index >= 15 is 0 Å². The number of nitrogens with one attached hydrogen (secondary N) is 2. The SMILES string of the molecule is C=C(NC[C@H]1CCC[C@@H](C2C=CC(OC(F)(F)F)=CC2)O1)/C(C)=C(\N=CN)C(=O)N1CCC(N[C@H]2CCOC[C@H]2F)CC1. The van der Waals surface area contributed by atoms with Crippen LogP contribution in [-0.4, -0.2) is 86.8 Å². The first-order chi connectivity index (χ1) is 20.5. The van der Waals surface area contributed by atoms with Gasteiger partial charge in [0.15, 0.2) is 0 Å². The summed E-state index contributed by atoms with van der Waals surface area (Å²) in [5.74, 6) is -0.478. The number of halogens is 4. The number of aliphatic imine (C=N–C) groups is 1. The Bertz CT molecular complexity index is 1100. The molecule has 0 aromatic heterocycles. The van der Waals surface area contributed by atoms with Gasteiger partial charge in [0, 0.05) is 55.5 Å². The number of nitrogens with zero attached hydrogens (tertiary/aromatic N) is 2. The van der Waals surface area contributed by atoms with Gasteiger partial charge in [-0.1, -0.05) is 12.7 Å². The number of rotatable bonds is 10. The van der Waals surface area contributed by atoms with Crippen molar-refractivity contribution in [1.29, 1.82) is 0 Å². The van der Waals surface area contributed by atoms with Crippen LogP contribution >= 0.6 is 0 Å². The van der Waals surface area contributed by atoms with Crippen LogP contribution in [0, 0.1) is 5.92 Å². The first kappa shape index (κ1) is 33.0. The number of allylic oxidation sites excluding steroid dienone is 3. The molecule has 0 saturated carbocycles. The van der Waals surface area contributed by atoms with Crippen molar-refractivity contribution in [1.82, 2.24) is 15.5 Å². The standard InChI is InChI=1S/C30H43F4N5O4/c1-19(28(37-18-35)29(40)39-13-10-22(11-14-39)38-26-12-15-41-17-25(26)31)20(2)36-16-24-4-3-5-27(42-24)21-6-8-23(9-7-21)43-30(32,33)34/h6,8-9,18,21-22,24-27,36,38H,2-5,7,10-17H2,1H3,(H2,35,37)/b28-19-/t21?,24-,25-,26+,27+/m1/s1. The molecule has 43 heavy (non-hydrogen) atoms. The van der Waals surface area contributed by atoms with Gasteiger partial charge < -0.3 is 35.5 Å². The lowest BCUT2D eigenvalue weighted by Crippen LogP contribution is -2.52. The zero-order valence-corrected chi connectivity index (χ0v) is 24.6. The van der Waals surface area contributed by atoms with Crippen LogP contribution in [0.25, 0.3) is 0 Å². The van der Waals surface area contributed by atoms with Gasteiger partial charge in [-0.3, -0.25) is 4.79 Å². The summed E-state index contributed by atoms with van der Waals surface area (Å²) < 4.78 is 67.1. The number of ether oxygens (including phenoxy) is 3. The van der Waals surface area contributed by atoms with E-state index < -0.39 is 12.5 Å². The van der Waals surface area contributed by atoms with Crippen molar-refractivity contribution in [3.05, 3.63) is 47.5 Å². The molecule has 0 aromatic carbocycles. The van der Waals surface area contributed by atoms with Gasteiger partial charge in [0.2, 0.25) is 0 Å². The van der Waals surface area contributed by atoms with E-state index in [1.54, 1.807) is 17.9 Å². The minimum absolute atomic E-state index is 0.0363. The third-order valence-corrected chi connectivity index (χ3v) is 8.47. The normalized spacial score (nSPS) is 29.7. The predicted molar refractivity (Wildman–Crippen MR) is 154 cm³/mol. The fourth-order valence-corrected chi connectivity index (χ4v) is 5.99. The quantitative estimate of drug-likeness (QED) is 0.112. The van der Waals surface area contributed by atoms with E-state index in [2.05, 4.69) is 26.9 Å². The largest absolute Gasteiger partial charge is 0.573 e. The number of hydrogen-bond acceptors (Lipinski definition) is 7. The summed E-state index contributed by atoms with van der Waals surface area (Å²) in [4.78, 5) is 19.3. The van der Waals surface area contributed by atoms with Crippen molar-refractivity contribution in [3.8, 4) is 0 Å². The lowest BCUT2D eigenvalue weighted by Gasteiger charge is -2.36. The predicted octanol–water partition coefficient (Wildman–Crippen LogP) is 3.99. The summed E-state index contributed by atoms with van der Waals surface area (Å²) in [5, 5.41) is 6.67. The van der Waals surface area contributed by atoms with Gasteiger partial charge in [0.25, 0.3) is 5.91 Å². The molecule has 9 nitrogen and oxygen atoms in total. The number of hydrogen-bond donors (Lipinski definition) is 3. The zero-order valence-electron chi connectivity index (χ0n) is 24.6. The van der Waals surface area contributed by atoms with E-state index in [1.807, 2.05) is 0 Å². The van der Waals surface area contributed by atoms with Crippen molar-refractivity contribution >= 4 is 12.2 Å². The van der Waals surface area contributed by atoms with Crippen molar-refractivity contribution in [3.63, 3.8) is 0 Å². The van der Waals surface area contributed by atoms with E-state index in [0.717, 1.165) is 25.6 Å². The summed E-state index contributed by atoms with van der Waals surface area (Å²) in [6.07, 6.45) is 4.63. The first-order valence-corrected chi connectivity index (χ1v) is 15.0. The topological polar surface area (TPSA) is 110 Å². The molecule has 0 bridgehead atoms. The summed E-state index contributed by atoms with van der Waals surface area (Å²) in [6.45, 7) is 8.02. The molecule has 5 atom stereocenters. The monoisotopic (exact) mass is 613 g/mol. The van der Waals surface area contributed by atoms with Gasteiger partial charge >= 0.3 is 6.36 Å². The molecule has 4 rings (SSSR count). The Balaban J connectivity index is 1.26. The minimum atomic E-state index is -4.71. The molecule has 4 N–H and O–H groups in total. The molecule has 1 amide bonds. The van der Waals surface area contributed by atoms with Crippen molar-refractivity contribution in [2.24, 2.45) is 16.6 Å². The Hall–Kier alpha value is -2.90. The maximum Gasteiger partial charge on any atom is 0.573 e. The van der Waals surface area contributed by atoms with E-state index in [4.69, 9.17) is 15.2 Å². The van der Waals surface area contributed by atoms with Crippen LogP contribution < -0.4 is 16.4 Å². The fourth-order valence-electron chi connectivity index (χ4n) is 5.99. The van der Waals surface area contributed by atoms with Crippen molar-refractivity contribution in [2.45, 2.75) is 88.7 Å². The molecule has 1 aliphatic carbocycles. The molecular formula is C30H43F4N5O4. The molecule has 1 unspecified atom stereocenters. The second-order valence-electron chi connectivity index (χ2n) is 11.5. The lowest BCUT2D eigenvalue weighted by atomic mass is 9.88. The van der Waals surface area contributed by atoms with E-state index in [9.17, 15) is 22.4 Å². The Kier molecular flexibility index (Phi) is 11.7. The molecule has 4 aliphatic rings. The molecule has 3 saturated heterocycles. The van der Waals surface area contributed by atoms with Crippen LogP contribution in [0.2, 0.25) is 0 Å². The Morgan fingerprint density at radius 3 is 2.67 bits per heavy atom. The second-order valence-corrected chi connectivity index (χ2v) is 11.5. The highest BCUT2D eigenvalue weighted by molar-refractivity contribution is 5.95. The molecule has 3 aliphatic heterocycles. The summed E-state index contributed by atoms with van der Waals surface area (Å²) >= 11 is 0.